The maximum Gasteiger partial charge on any atom is 0.311 e. The van der Waals surface area contributed by atoms with E-state index in [0.29, 0.717) is 25.9 Å². The third-order valence-corrected chi connectivity index (χ3v) is 10.3. The third kappa shape index (κ3) is 4.42. The number of carbonyl (C=O) groups excluding carboxylic acids is 3. The van der Waals surface area contributed by atoms with Crippen LogP contribution in [0, 0.1) is 31.6 Å². The Balaban J connectivity index is 1.81. The summed E-state index contributed by atoms with van der Waals surface area (Å²) in [6.45, 7) is 14.4. The minimum Gasteiger partial charge on any atom is -0.461 e. The molecule has 200 valence electrons. The molecule has 1 N–H and O–H groups in total. The number of unbranched alkanes of at least 4 members (excludes halogenated alkanes) is 1. The number of rotatable bonds is 11. The molecule has 6 atom stereocenters. The van der Waals surface area contributed by atoms with Gasteiger partial charge in [-0.3, -0.25) is 14.4 Å². The fourth-order valence-electron chi connectivity index (χ4n) is 6.74. The average Bonchev–Trinajstić information content (AvgIpc) is 3.45. The summed E-state index contributed by atoms with van der Waals surface area (Å²) < 4.78 is 4.73. The normalized spacial score (nSPS) is 29.8. The van der Waals surface area contributed by atoms with Gasteiger partial charge in [-0.05, 0) is 50.2 Å². The van der Waals surface area contributed by atoms with E-state index in [1.165, 1.54) is 6.08 Å². The van der Waals surface area contributed by atoms with E-state index in [9.17, 15) is 19.5 Å². The van der Waals surface area contributed by atoms with E-state index < -0.39 is 22.6 Å². The van der Waals surface area contributed by atoms with Crippen molar-refractivity contribution in [2.75, 3.05) is 31.2 Å². The summed E-state index contributed by atoms with van der Waals surface area (Å²) >= 11 is 1.64. The molecule has 0 aliphatic carbocycles. The minimum absolute atomic E-state index is 0.0178. The maximum absolute atomic E-state index is 14.6. The molecule has 0 saturated carbocycles. The van der Waals surface area contributed by atoms with Gasteiger partial charge in [0, 0.05) is 30.6 Å². The molecule has 3 unspecified atom stereocenters. The minimum atomic E-state index is -0.718. The third-order valence-electron chi connectivity index (χ3n) is 8.19. The summed E-state index contributed by atoms with van der Waals surface area (Å²) in [5.74, 6) is -1.81. The maximum atomic E-state index is 14.6. The van der Waals surface area contributed by atoms with Crippen molar-refractivity contribution in [2.24, 2.45) is 17.8 Å². The van der Waals surface area contributed by atoms with Crippen LogP contribution in [-0.2, 0) is 19.1 Å². The molecular weight excluding hydrogens is 488 g/mol. The molecule has 8 heteroatoms. The molecule has 1 spiro atoms. The highest BCUT2D eigenvalue weighted by Gasteiger charge is 2.76. The fourth-order valence-corrected chi connectivity index (χ4v) is 9.14. The van der Waals surface area contributed by atoms with Crippen LogP contribution in [0.2, 0.25) is 0 Å². The lowest BCUT2D eigenvalue weighted by Crippen LogP contribution is -2.57. The number of ether oxygens (including phenoxy) is 1. The summed E-state index contributed by atoms with van der Waals surface area (Å²) in [6.07, 6.45) is 5.10. The molecule has 7 nitrogen and oxygen atoms in total. The second kappa shape index (κ2) is 11.0. The number of anilines is 1. The van der Waals surface area contributed by atoms with Gasteiger partial charge in [-0.2, -0.15) is 0 Å². The van der Waals surface area contributed by atoms with Gasteiger partial charge < -0.3 is 19.6 Å². The number of benzene rings is 1. The van der Waals surface area contributed by atoms with Gasteiger partial charge in [0.15, 0.2) is 0 Å². The largest absolute Gasteiger partial charge is 0.461 e. The number of para-hydroxylation sites is 1. The molecule has 0 radical (unpaired) electrons. The molecule has 2 amide bonds. The number of amides is 2. The molecule has 37 heavy (non-hydrogen) atoms. The summed E-state index contributed by atoms with van der Waals surface area (Å²) in [5.41, 5.74) is 2.78. The van der Waals surface area contributed by atoms with E-state index in [2.05, 4.69) is 20.1 Å². The second-order valence-electron chi connectivity index (χ2n) is 10.4. The fraction of sp³-hybridized carbons (Fsp3) is 0.552. The number of carbonyl (C=O) groups is 3. The highest BCUT2D eigenvalue weighted by Crippen LogP contribution is 2.68. The van der Waals surface area contributed by atoms with Crippen LogP contribution in [0.25, 0.3) is 0 Å². The lowest BCUT2D eigenvalue weighted by Gasteiger charge is -2.41. The summed E-state index contributed by atoms with van der Waals surface area (Å²) in [5, 5.41) is 9.32. The zero-order valence-electron chi connectivity index (χ0n) is 22.0. The SMILES string of the molecule is C=CCOC(=O)[C@@H]1[C@H]2C(=O)N(CCCCO)C(C(=O)N(CC=C)c3c(C)cccc3C)C23S[C@@H]1CC3C. The van der Waals surface area contributed by atoms with Crippen LogP contribution in [0.3, 0.4) is 0 Å². The Labute approximate surface area is 223 Å². The monoisotopic (exact) mass is 526 g/mol. The van der Waals surface area contributed by atoms with E-state index in [1.807, 2.05) is 32.0 Å². The highest BCUT2D eigenvalue weighted by atomic mass is 32.2. The lowest BCUT2D eigenvalue weighted by atomic mass is 9.66. The molecule has 2 bridgehead atoms. The number of likely N-dealkylation sites (tertiary alicyclic amines) is 1. The number of nitrogens with zero attached hydrogens (tertiary/aromatic N) is 2. The zero-order valence-corrected chi connectivity index (χ0v) is 22.8. The standard InChI is InChI=1S/C29H38N2O5S/c1-6-13-30(24-18(3)11-10-12-19(24)4)27(34)25-29-20(5)17-21(37-29)22(28(35)36-16-7-2)23(29)26(33)31(25)14-8-9-15-32/h6-7,10-12,20-23,25,32H,1-2,8-9,13-17H2,3-5H3/t20?,21-,22+,23+,25?,29?/m1/s1. The van der Waals surface area contributed by atoms with Gasteiger partial charge in [0.2, 0.25) is 5.91 Å². The number of aryl methyl sites for hydroxylation is 2. The first-order valence-electron chi connectivity index (χ1n) is 13.1. The summed E-state index contributed by atoms with van der Waals surface area (Å²) in [7, 11) is 0. The van der Waals surface area contributed by atoms with Crippen LogP contribution in [-0.4, -0.2) is 70.1 Å². The van der Waals surface area contributed by atoms with E-state index in [4.69, 9.17) is 4.74 Å². The Morgan fingerprint density at radius 3 is 2.57 bits per heavy atom. The quantitative estimate of drug-likeness (QED) is 0.269. The number of aliphatic hydroxyl groups excluding tert-OH is 1. The van der Waals surface area contributed by atoms with Gasteiger partial charge in [0.25, 0.3) is 5.91 Å². The Bertz CT molecular complexity index is 1070. The predicted molar refractivity (Wildman–Crippen MR) is 146 cm³/mol. The van der Waals surface area contributed by atoms with E-state index in [-0.39, 0.29) is 42.2 Å². The smallest absolute Gasteiger partial charge is 0.311 e. The highest BCUT2D eigenvalue weighted by molar-refractivity contribution is 8.02. The van der Waals surface area contributed by atoms with Crippen LogP contribution in [0.1, 0.15) is 37.3 Å². The summed E-state index contributed by atoms with van der Waals surface area (Å²) in [4.78, 5) is 45.4. The molecular formula is C29H38N2O5S. The van der Waals surface area contributed by atoms with Crippen molar-refractivity contribution >= 4 is 35.2 Å². The molecule has 3 fully saturated rings. The number of aliphatic hydroxyl groups is 1. The van der Waals surface area contributed by atoms with Crippen molar-refractivity contribution in [3.05, 3.63) is 54.6 Å². The first-order valence-corrected chi connectivity index (χ1v) is 14.0. The predicted octanol–water partition coefficient (Wildman–Crippen LogP) is 3.66. The van der Waals surface area contributed by atoms with Crippen LogP contribution in [0.5, 0.6) is 0 Å². The van der Waals surface area contributed by atoms with E-state index in [1.54, 1.807) is 27.6 Å². The molecule has 0 aromatic heterocycles. The topological polar surface area (TPSA) is 87.1 Å². The van der Waals surface area contributed by atoms with Gasteiger partial charge in [0.05, 0.1) is 16.6 Å². The molecule has 1 aromatic rings. The molecule has 1 aromatic carbocycles. The summed E-state index contributed by atoms with van der Waals surface area (Å²) in [6, 6.07) is 5.21. The number of thioether (sulfide) groups is 1. The Morgan fingerprint density at radius 2 is 1.95 bits per heavy atom. The van der Waals surface area contributed by atoms with Crippen molar-refractivity contribution < 1.29 is 24.2 Å². The van der Waals surface area contributed by atoms with Crippen LogP contribution in [0.4, 0.5) is 5.69 Å². The van der Waals surface area contributed by atoms with Gasteiger partial charge in [-0.25, -0.2) is 0 Å². The van der Waals surface area contributed by atoms with E-state index >= 15 is 0 Å². The Kier molecular flexibility index (Phi) is 8.19. The molecule has 4 rings (SSSR count). The zero-order chi connectivity index (χ0) is 26.9. The number of hydrogen-bond acceptors (Lipinski definition) is 6. The van der Waals surface area contributed by atoms with Crippen molar-refractivity contribution in [3.63, 3.8) is 0 Å². The van der Waals surface area contributed by atoms with Gasteiger partial charge in [0.1, 0.15) is 12.6 Å². The molecule has 3 heterocycles. The second-order valence-corrected chi connectivity index (χ2v) is 12.0. The number of fused-ring (bicyclic) bond motifs is 1. The van der Waals surface area contributed by atoms with Crippen molar-refractivity contribution in [3.8, 4) is 0 Å². The molecule has 3 aliphatic heterocycles. The van der Waals surface area contributed by atoms with Gasteiger partial charge >= 0.3 is 5.97 Å². The van der Waals surface area contributed by atoms with Crippen LogP contribution >= 0.6 is 11.8 Å². The van der Waals surface area contributed by atoms with Crippen molar-refractivity contribution in [1.82, 2.24) is 4.90 Å². The molecule has 3 aliphatic rings. The average molecular weight is 527 g/mol. The van der Waals surface area contributed by atoms with Crippen LogP contribution in [0.15, 0.2) is 43.5 Å². The first kappa shape index (κ1) is 27.5. The number of hydrogen-bond donors (Lipinski definition) is 1. The number of esters is 1. The molecule has 3 saturated heterocycles. The Hall–Kier alpha value is -2.58. The van der Waals surface area contributed by atoms with Gasteiger partial charge in [-0.15, -0.1) is 18.3 Å². The first-order chi connectivity index (χ1) is 17.7. The van der Waals surface area contributed by atoms with Gasteiger partial charge in [-0.1, -0.05) is 43.9 Å². The Morgan fingerprint density at radius 1 is 1.24 bits per heavy atom. The van der Waals surface area contributed by atoms with Crippen LogP contribution < -0.4 is 4.90 Å². The van der Waals surface area contributed by atoms with Crippen molar-refractivity contribution in [2.45, 2.75) is 56.1 Å². The van der Waals surface area contributed by atoms with Crippen molar-refractivity contribution in [1.29, 1.82) is 0 Å². The van der Waals surface area contributed by atoms with E-state index in [0.717, 1.165) is 23.2 Å². The lowest BCUT2D eigenvalue weighted by molar-refractivity contribution is -0.153.